The highest BCUT2D eigenvalue weighted by Gasteiger charge is 2.14. The van der Waals surface area contributed by atoms with Crippen molar-refractivity contribution in [2.45, 2.75) is 53.0 Å². The molecule has 90 valence electrons. The van der Waals surface area contributed by atoms with Crippen LogP contribution < -0.4 is 11.3 Å². The van der Waals surface area contributed by atoms with E-state index in [1.807, 2.05) is 6.92 Å². The van der Waals surface area contributed by atoms with Gasteiger partial charge in [-0.2, -0.15) is 0 Å². The van der Waals surface area contributed by atoms with Crippen molar-refractivity contribution in [3.8, 4) is 0 Å². The van der Waals surface area contributed by atoms with Gasteiger partial charge in [-0.3, -0.25) is 10.4 Å². The summed E-state index contributed by atoms with van der Waals surface area (Å²) in [5.41, 5.74) is 2.70. The van der Waals surface area contributed by atoms with E-state index in [2.05, 4.69) is 36.1 Å². The molecule has 0 heterocycles. The van der Waals surface area contributed by atoms with Crippen molar-refractivity contribution in [2.75, 3.05) is 13.1 Å². The van der Waals surface area contributed by atoms with Gasteiger partial charge in [-0.15, -0.1) is 0 Å². The van der Waals surface area contributed by atoms with Gasteiger partial charge in [0.25, 0.3) is 0 Å². The number of nitrogens with two attached hydrogens (primary N) is 1. The molecule has 0 aliphatic carbocycles. The zero-order valence-corrected chi connectivity index (χ0v) is 10.6. The van der Waals surface area contributed by atoms with Crippen LogP contribution in [0.3, 0.4) is 0 Å². The number of unbranched alkanes of at least 4 members (excludes halogenated alkanes) is 1. The second-order valence-corrected chi connectivity index (χ2v) is 3.75. The van der Waals surface area contributed by atoms with Gasteiger partial charge in [0.1, 0.15) is 0 Å². The first-order chi connectivity index (χ1) is 7.21. The van der Waals surface area contributed by atoms with Crippen molar-refractivity contribution in [2.24, 2.45) is 10.8 Å². The van der Waals surface area contributed by atoms with Crippen molar-refractivity contribution in [3.63, 3.8) is 0 Å². The molecule has 0 aliphatic heterocycles. The quantitative estimate of drug-likeness (QED) is 0.306. The molecule has 0 rings (SSSR count). The van der Waals surface area contributed by atoms with E-state index in [9.17, 15) is 0 Å². The molecule has 1 unspecified atom stereocenters. The maximum absolute atomic E-state index is 5.50. The van der Waals surface area contributed by atoms with Gasteiger partial charge in [0.05, 0.1) is 0 Å². The van der Waals surface area contributed by atoms with Crippen LogP contribution in [0.4, 0.5) is 0 Å². The molecular formula is C11H26N4. The molecule has 0 saturated carbocycles. The number of hydrogen-bond acceptors (Lipinski definition) is 2. The zero-order chi connectivity index (χ0) is 11.7. The Morgan fingerprint density at radius 3 is 2.47 bits per heavy atom. The van der Waals surface area contributed by atoms with Crippen molar-refractivity contribution in [1.82, 2.24) is 10.3 Å². The highest BCUT2D eigenvalue weighted by Crippen LogP contribution is 2.06. The molecule has 0 amide bonds. The van der Waals surface area contributed by atoms with Crippen molar-refractivity contribution in [3.05, 3.63) is 0 Å². The highest BCUT2D eigenvalue weighted by molar-refractivity contribution is 5.79. The molecule has 15 heavy (non-hydrogen) atoms. The van der Waals surface area contributed by atoms with Crippen LogP contribution in [-0.4, -0.2) is 30.0 Å². The average molecular weight is 214 g/mol. The summed E-state index contributed by atoms with van der Waals surface area (Å²) in [6.07, 6.45) is 3.47. The monoisotopic (exact) mass is 214 g/mol. The van der Waals surface area contributed by atoms with E-state index in [4.69, 9.17) is 5.84 Å². The van der Waals surface area contributed by atoms with Gasteiger partial charge in [0.2, 0.25) is 5.96 Å². The smallest absolute Gasteiger partial charge is 0.208 e. The van der Waals surface area contributed by atoms with Gasteiger partial charge in [0, 0.05) is 19.1 Å². The fourth-order valence-electron chi connectivity index (χ4n) is 1.45. The van der Waals surface area contributed by atoms with Gasteiger partial charge in [-0.25, -0.2) is 5.84 Å². The third kappa shape index (κ3) is 5.02. The predicted molar refractivity (Wildman–Crippen MR) is 66.7 cm³/mol. The van der Waals surface area contributed by atoms with Crippen LogP contribution in [-0.2, 0) is 0 Å². The molecule has 0 radical (unpaired) electrons. The summed E-state index contributed by atoms with van der Waals surface area (Å²) in [6, 6.07) is 0.484. The maximum atomic E-state index is 5.50. The number of aliphatic imine (C=N–C) groups is 1. The van der Waals surface area contributed by atoms with Gasteiger partial charge in [-0.05, 0) is 26.7 Å². The molecule has 0 aliphatic rings. The third-order valence-electron chi connectivity index (χ3n) is 2.58. The summed E-state index contributed by atoms with van der Waals surface area (Å²) < 4.78 is 0. The molecular weight excluding hydrogens is 188 g/mol. The summed E-state index contributed by atoms with van der Waals surface area (Å²) >= 11 is 0. The van der Waals surface area contributed by atoms with Crippen LogP contribution in [0.2, 0.25) is 0 Å². The van der Waals surface area contributed by atoms with Crippen LogP contribution in [0.25, 0.3) is 0 Å². The van der Waals surface area contributed by atoms with Crippen LogP contribution in [0, 0.1) is 0 Å². The molecule has 0 bridgehead atoms. The lowest BCUT2D eigenvalue weighted by Crippen LogP contribution is -2.49. The molecule has 0 aromatic heterocycles. The van der Waals surface area contributed by atoms with Gasteiger partial charge >= 0.3 is 0 Å². The lowest BCUT2D eigenvalue weighted by Gasteiger charge is -2.31. The molecule has 0 saturated heterocycles. The lowest BCUT2D eigenvalue weighted by molar-refractivity contribution is 0.306. The predicted octanol–water partition coefficient (Wildman–Crippen LogP) is 1.73. The Labute approximate surface area is 93.9 Å². The summed E-state index contributed by atoms with van der Waals surface area (Å²) in [5.74, 6) is 6.32. The first kappa shape index (κ1) is 14.2. The molecule has 4 nitrogen and oxygen atoms in total. The largest absolute Gasteiger partial charge is 0.339 e. The first-order valence-electron chi connectivity index (χ1n) is 5.98. The van der Waals surface area contributed by atoms with E-state index in [0.717, 1.165) is 25.5 Å². The SMILES string of the molecule is CCCCN(C(=NCC)NN)C(C)CC. The fourth-order valence-corrected chi connectivity index (χ4v) is 1.45. The number of hydrogen-bond donors (Lipinski definition) is 2. The fraction of sp³-hybridized carbons (Fsp3) is 0.909. The normalized spacial score (nSPS) is 13.8. The first-order valence-corrected chi connectivity index (χ1v) is 5.98. The summed E-state index contributed by atoms with van der Waals surface area (Å²) in [6.45, 7) is 10.4. The van der Waals surface area contributed by atoms with Crippen molar-refractivity contribution < 1.29 is 0 Å². The standard InChI is InChI=1S/C11H26N4/c1-5-8-9-15(10(4)6-2)11(14-12)13-7-3/h10H,5-9,12H2,1-4H3,(H,13,14). The summed E-state index contributed by atoms with van der Waals surface area (Å²) in [7, 11) is 0. The topological polar surface area (TPSA) is 53.6 Å². The molecule has 4 heteroatoms. The van der Waals surface area contributed by atoms with Gasteiger partial charge in [-0.1, -0.05) is 20.3 Å². The minimum Gasteiger partial charge on any atom is -0.339 e. The Hall–Kier alpha value is -0.770. The second kappa shape index (κ2) is 8.53. The van der Waals surface area contributed by atoms with Crippen LogP contribution >= 0.6 is 0 Å². The van der Waals surface area contributed by atoms with E-state index in [0.29, 0.717) is 6.04 Å². The zero-order valence-electron chi connectivity index (χ0n) is 10.6. The second-order valence-electron chi connectivity index (χ2n) is 3.75. The Kier molecular flexibility index (Phi) is 8.09. The molecule has 0 spiro atoms. The van der Waals surface area contributed by atoms with E-state index < -0.39 is 0 Å². The minimum absolute atomic E-state index is 0.484. The summed E-state index contributed by atoms with van der Waals surface area (Å²) in [4.78, 5) is 6.63. The Morgan fingerprint density at radius 2 is 2.07 bits per heavy atom. The van der Waals surface area contributed by atoms with Crippen LogP contribution in [0.5, 0.6) is 0 Å². The number of guanidine groups is 1. The van der Waals surface area contributed by atoms with E-state index in [-0.39, 0.29) is 0 Å². The number of hydrazine groups is 1. The lowest BCUT2D eigenvalue weighted by atomic mass is 10.2. The molecule has 0 fully saturated rings. The minimum atomic E-state index is 0.484. The number of rotatable bonds is 6. The maximum Gasteiger partial charge on any atom is 0.208 e. The van der Waals surface area contributed by atoms with Crippen molar-refractivity contribution in [1.29, 1.82) is 0 Å². The average Bonchev–Trinajstić information content (AvgIpc) is 2.27. The highest BCUT2D eigenvalue weighted by atomic mass is 15.4. The number of nitrogens with one attached hydrogen (secondary N) is 1. The molecule has 3 N–H and O–H groups in total. The van der Waals surface area contributed by atoms with E-state index in [1.54, 1.807) is 0 Å². The van der Waals surface area contributed by atoms with Gasteiger partial charge in [0.15, 0.2) is 0 Å². The van der Waals surface area contributed by atoms with Crippen molar-refractivity contribution >= 4 is 5.96 Å². The van der Waals surface area contributed by atoms with E-state index >= 15 is 0 Å². The van der Waals surface area contributed by atoms with Crippen LogP contribution in [0.15, 0.2) is 4.99 Å². The Bertz CT molecular complexity index is 179. The molecule has 0 aromatic rings. The summed E-state index contributed by atoms with van der Waals surface area (Å²) in [5, 5.41) is 0. The van der Waals surface area contributed by atoms with Crippen LogP contribution in [0.1, 0.15) is 47.0 Å². The third-order valence-corrected chi connectivity index (χ3v) is 2.58. The van der Waals surface area contributed by atoms with E-state index in [1.165, 1.54) is 12.8 Å². The molecule has 0 aromatic carbocycles. The number of nitrogens with zero attached hydrogens (tertiary/aromatic N) is 2. The molecule has 1 atom stereocenters. The Morgan fingerprint density at radius 1 is 1.40 bits per heavy atom. The van der Waals surface area contributed by atoms with Gasteiger partial charge < -0.3 is 4.90 Å². The Balaban J connectivity index is 4.50.